The van der Waals surface area contributed by atoms with E-state index in [9.17, 15) is 9.59 Å². The lowest BCUT2D eigenvalue weighted by Crippen LogP contribution is -2.48. The number of H-pyrrole nitrogens is 1. The maximum Gasteiger partial charge on any atom is 0.269 e. The molecule has 0 aliphatic heterocycles. The third-order valence-corrected chi connectivity index (χ3v) is 3.66. The largest absolute Gasteiger partial charge is 0.357 e. The molecule has 0 bridgehead atoms. The normalized spacial score (nSPS) is 12.0. The zero-order valence-corrected chi connectivity index (χ0v) is 13.9. The smallest absolute Gasteiger partial charge is 0.269 e. The average molecular weight is 335 g/mol. The Balaban J connectivity index is 2.16. The van der Waals surface area contributed by atoms with Gasteiger partial charge in [0, 0.05) is 17.6 Å². The monoisotopic (exact) mass is 334 g/mol. The fourth-order valence-corrected chi connectivity index (χ4v) is 2.33. The summed E-state index contributed by atoms with van der Waals surface area (Å²) in [5, 5.41) is 12.7. The minimum absolute atomic E-state index is 0.0331. The van der Waals surface area contributed by atoms with Crippen molar-refractivity contribution in [1.82, 2.24) is 20.8 Å². The van der Waals surface area contributed by atoms with Crippen LogP contribution in [0.2, 0.25) is 5.02 Å². The lowest BCUT2D eigenvalue weighted by Gasteiger charge is -2.20. The molecule has 1 aromatic heterocycles. The van der Waals surface area contributed by atoms with Gasteiger partial charge >= 0.3 is 0 Å². The van der Waals surface area contributed by atoms with E-state index >= 15 is 0 Å². The Labute approximate surface area is 139 Å². The van der Waals surface area contributed by atoms with Crippen molar-refractivity contribution in [2.45, 2.75) is 19.9 Å². The number of halogens is 1. The van der Waals surface area contributed by atoms with Crippen LogP contribution in [0.4, 0.5) is 0 Å². The van der Waals surface area contributed by atoms with Gasteiger partial charge in [-0.15, -0.1) is 0 Å². The molecule has 0 fully saturated rings. The summed E-state index contributed by atoms with van der Waals surface area (Å²) in [6.45, 7) is 3.73. The summed E-state index contributed by atoms with van der Waals surface area (Å²) < 4.78 is 0. The summed E-state index contributed by atoms with van der Waals surface area (Å²) in [6.07, 6.45) is 0. The second kappa shape index (κ2) is 7.28. The van der Waals surface area contributed by atoms with Crippen molar-refractivity contribution in [3.63, 3.8) is 0 Å². The summed E-state index contributed by atoms with van der Waals surface area (Å²) in [7, 11) is 1.54. The molecule has 2 aromatic rings. The lowest BCUT2D eigenvalue weighted by atomic mass is 10.0. The number of carbonyl (C=O) groups is 2. The number of aromatic amines is 1. The number of carbonyl (C=O) groups excluding carboxylic acids is 2. The molecule has 1 aromatic carbocycles. The Morgan fingerprint density at radius 2 is 2.00 bits per heavy atom. The molecule has 1 heterocycles. The van der Waals surface area contributed by atoms with Gasteiger partial charge < -0.3 is 10.6 Å². The number of hydrogen-bond acceptors (Lipinski definition) is 3. The molecule has 0 saturated carbocycles. The van der Waals surface area contributed by atoms with E-state index in [-0.39, 0.29) is 23.4 Å². The van der Waals surface area contributed by atoms with Crippen molar-refractivity contribution in [3.8, 4) is 11.3 Å². The fourth-order valence-electron chi connectivity index (χ4n) is 2.14. The first-order valence-corrected chi connectivity index (χ1v) is 7.64. The zero-order chi connectivity index (χ0) is 17.0. The number of amides is 2. The van der Waals surface area contributed by atoms with Gasteiger partial charge in [-0.25, -0.2) is 0 Å². The molecule has 6 nitrogen and oxygen atoms in total. The summed E-state index contributed by atoms with van der Waals surface area (Å²) in [4.78, 5) is 24.1. The van der Waals surface area contributed by atoms with E-state index in [2.05, 4.69) is 20.8 Å². The van der Waals surface area contributed by atoms with E-state index < -0.39 is 6.04 Å². The third-order valence-electron chi connectivity index (χ3n) is 3.43. The molecule has 1 atom stereocenters. The van der Waals surface area contributed by atoms with Gasteiger partial charge in [0.25, 0.3) is 5.91 Å². The predicted molar refractivity (Wildman–Crippen MR) is 89.2 cm³/mol. The van der Waals surface area contributed by atoms with E-state index in [1.807, 2.05) is 26.0 Å². The van der Waals surface area contributed by atoms with Gasteiger partial charge in [-0.3, -0.25) is 14.7 Å². The summed E-state index contributed by atoms with van der Waals surface area (Å²) in [5.74, 6) is -0.648. The number of nitrogens with zero attached hydrogens (tertiary/aromatic N) is 1. The van der Waals surface area contributed by atoms with Crippen LogP contribution in [0.3, 0.4) is 0 Å². The van der Waals surface area contributed by atoms with Crippen LogP contribution in [0.25, 0.3) is 11.3 Å². The second-order valence-electron chi connectivity index (χ2n) is 5.49. The Kier molecular flexibility index (Phi) is 5.39. The average Bonchev–Trinajstić information content (AvgIpc) is 3.01. The topological polar surface area (TPSA) is 86.9 Å². The van der Waals surface area contributed by atoms with Gasteiger partial charge in [0.1, 0.15) is 11.7 Å². The van der Waals surface area contributed by atoms with Crippen molar-refractivity contribution in [1.29, 1.82) is 0 Å². The van der Waals surface area contributed by atoms with Gasteiger partial charge in [-0.05, 0) is 24.1 Å². The molecule has 0 aliphatic carbocycles. The third kappa shape index (κ3) is 4.10. The molecule has 0 saturated heterocycles. The van der Waals surface area contributed by atoms with E-state index in [0.717, 1.165) is 5.56 Å². The van der Waals surface area contributed by atoms with E-state index in [1.165, 1.54) is 7.05 Å². The second-order valence-corrected chi connectivity index (χ2v) is 5.92. The minimum Gasteiger partial charge on any atom is -0.357 e. The Hall–Kier alpha value is -2.34. The van der Waals surface area contributed by atoms with Crippen LogP contribution in [-0.2, 0) is 4.79 Å². The molecule has 0 unspecified atom stereocenters. The Bertz CT molecular complexity index is 712. The van der Waals surface area contributed by atoms with Gasteiger partial charge in [0.05, 0.1) is 5.69 Å². The summed E-state index contributed by atoms with van der Waals surface area (Å²) in [5.41, 5.74) is 1.70. The first kappa shape index (κ1) is 17.0. The predicted octanol–water partition coefficient (Wildman–Crippen LogP) is 2.23. The Morgan fingerprint density at radius 1 is 1.26 bits per heavy atom. The van der Waals surface area contributed by atoms with Crippen LogP contribution < -0.4 is 10.6 Å². The van der Waals surface area contributed by atoms with Crippen LogP contribution >= 0.6 is 11.6 Å². The summed E-state index contributed by atoms with van der Waals surface area (Å²) >= 11 is 5.96. The highest BCUT2D eigenvalue weighted by molar-refractivity contribution is 6.30. The van der Waals surface area contributed by atoms with Crippen LogP contribution in [0, 0.1) is 5.92 Å². The quantitative estimate of drug-likeness (QED) is 0.783. The highest BCUT2D eigenvalue weighted by Gasteiger charge is 2.24. The van der Waals surface area contributed by atoms with Crippen molar-refractivity contribution >= 4 is 23.4 Å². The molecular weight excluding hydrogens is 316 g/mol. The molecule has 7 heteroatoms. The van der Waals surface area contributed by atoms with Gasteiger partial charge in [-0.2, -0.15) is 5.10 Å². The molecule has 0 spiro atoms. The molecule has 122 valence electrons. The fraction of sp³-hybridized carbons (Fsp3) is 0.312. The maximum absolute atomic E-state index is 12.3. The number of likely N-dealkylation sites (N-methyl/N-ethyl adjacent to an activating group) is 1. The van der Waals surface area contributed by atoms with Crippen molar-refractivity contribution in [2.24, 2.45) is 5.92 Å². The van der Waals surface area contributed by atoms with E-state index in [0.29, 0.717) is 10.7 Å². The maximum atomic E-state index is 12.3. The van der Waals surface area contributed by atoms with Crippen LogP contribution in [0.15, 0.2) is 30.3 Å². The van der Waals surface area contributed by atoms with Crippen LogP contribution in [0.1, 0.15) is 24.3 Å². The van der Waals surface area contributed by atoms with E-state index in [4.69, 9.17) is 11.6 Å². The van der Waals surface area contributed by atoms with Crippen molar-refractivity contribution in [3.05, 3.63) is 41.0 Å². The molecule has 2 rings (SSSR count). The molecule has 23 heavy (non-hydrogen) atoms. The van der Waals surface area contributed by atoms with Crippen LogP contribution in [-0.4, -0.2) is 35.1 Å². The van der Waals surface area contributed by atoms with Crippen molar-refractivity contribution < 1.29 is 9.59 Å². The van der Waals surface area contributed by atoms with Gasteiger partial charge in [0.15, 0.2) is 0 Å². The molecule has 0 aliphatic rings. The summed E-state index contributed by atoms with van der Waals surface area (Å²) in [6, 6.07) is 8.22. The highest BCUT2D eigenvalue weighted by atomic mass is 35.5. The molecule has 2 amide bonds. The van der Waals surface area contributed by atoms with E-state index in [1.54, 1.807) is 18.2 Å². The number of hydrogen-bond donors (Lipinski definition) is 3. The SMILES string of the molecule is CNC(=O)[C@@H](NC(=O)c1cc(-c2cccc(Cl)c2)n[nH]1)C(C)C. The standard InChI is InChI=1S/C16H19ClN4O2/c1-9(2)14(16(23)18-3)19-15(22)13-8-12(20-21-13)10-5-4-6-11(17)7-10/h4-9,14H,1-3H3,(H,18,23)(H,19,22)(H,20,21)/t14-/m0/s1. The van der Waals surface area contributed by atoms with Crippen LogP contribution in [0.5, 0.6) is 0 Å². The number of aromatic nitrogens is 2. The molecule has 3 N–H and O–H groups in total. The Morgan fingerprint density at radius 3 is 2.61 bits per heavy atom. The first-order valence-electron chi connectivity index (χ1n) is 7.26. The zero-order valence-electron chi connectivity index (χ0n) is 13.2. The highest BCUT2D eigenvalue weighted by Crippen LogP contribution is 2.21. The van der Waals surface area contributed by atoms with Gasteiger partial charge in [-0.1, -0.05) is 37.6 Å². The number of rotatable bonds is 5. The molecular formula is C16H19ClN4O2. The lowest BCUT2D eigenvalue weighted by molar-refractivity contribution is -0.123. The van der Waals surface area contributed by atoms with Gasteiger partial charge in [0.2, 0.25) is 5.91 Å². The number of nitrogens with one attached hydrogen (secondary N) is 3. The first-order chi connectivity index (χ1) is 10.9. The minimum atomic E-state index is -0.606. The van der Waals surface area contributed by atoms with Crippen molar-refractivity contribution in [2.75, 3.05) is 7.05 Å². The number of benzene rings is 1. The molecule has 0 radical (unpaired) electrons.